The highest BCUT2D eigenvalue weighted by atomic mass is 16.5. The fourth-order valence-corrected chi connectivity index (χ4v) is 2.27. The van der Waals surface area contributed by atoms with Crippen molar-refractivity contribution in [3.8, 4) is 11.5 Å². The number of aryl methyl sites for hydroxylation is 1. The van der Waals surface area contributed by atoms with E-state index < -0.39 is 0 Å². The van der Waals surface area contributed by atoms with E-state index in [0.29, 0.717) is 0 Å². The number of hydrogen-bond acceptors (Lipinski definition) is 3. The predicted molar refractivity (Wildman–Crippen MR) is 83.5 cm³/mol. The van der Waals surface area contributed by atoms with Crippen LogP contribution in [-0.4, -0.2) is 11.1 Å². The summed E-state index contributed by atoms with van der Waals surface area (Å²) in [4.78, 5) is 0. The number of aliphatic hydroxyl groups excluding tert-OH is 1. The molecule has 1 aliphatic carbocycles. The zero-order valence-electron chi connectivity index (χ0n) is 12.3. The zero-order valence-corrected chi connectivity index (χ0v) is 12.3. The van der Waals surface area contributed by atoms with Crippen molar-refractivity contribution in [3.63, 3.8) is 0 Å². The topological polar surface area (TPSA) is 41.5 Å². The lowest BCUT2D eigenvalue weighted by Crippen LogP contribution is -2.15. The third-order valence-corrected chi connectivity index (χ3v) is 3.81. The third-order valence-electron chi connectivity index (χ3n) is 3.81. The summed E-state index contributed by atoms with van der Waals surface area (Å²) in [6.45, 7) is 3.11. The maximum Gasteiger partial charge on any atom is 0.127 e. The van der Waals surface area contributed by atoms with Gasteiger partial charge in [0.25, 0.3) is 0 Å². The molecule has 3 nitrogen and oxygen atoms in total. The van der Waals surface area contributed by atoms with Gasteiger partial charge >= 0.3 is 0 Å². The molecule has 0 aromatic heterocycles. The number of hydrogen-bond donors (Lipinski definition) is 2. The molecule has 110 valence electrons. The molecule has 0 heterocycles. The van der Waals surface area contributed by atoms with Crippen LogP contribution in [0.3, 0.4) is 0 Å². The van der Waals surface area contributed by atoms with Gasteiger partial charge in [-0.2, -0.15) is 0 Å². The summed E-state index contributed by atoms with van der Waals surface area (Å²) in [6.07, 6.45) is 2.62. The van der Waals surface area contributed by atoms with Gasteiger partial charge in [0, 0.05) is 12.6 Å². The molecule has 0 bridgehead atoms. The molecular weight excluding hydrogens is 262 g/mol. The Morgan fingerprint density at radius 1 is 1.10 bits per heavy atom. The standard InChI is InChI=1S/C18H21NO2/c1-13-10-18(9-4-15(13)11-19-16-5-6-16)21-17-7-2-14(12-20)3-8-17/h2-4,7-10,16,19-20H,5-6,11-12H2,1H3. The number of benzene rings is 2. The summed E-state index contributed by atoms with van der Waals surface area (Å²) in [6, 6.07) is 14.4. The summed E-state index contributed by atoms with van der Waals surface area (Å²) >= 11 is 0. The zero-order chi connectivity index (χ0) is 14.7. The second-order valence-electron chi connectivity index (χ2n) is 5.65. The number of rotatable bonds is 6. The van der Waals surface area contributed by atoms with Crippen LogP contribution in [0.4, 0.5) is 0 Å². The summed E-state index contributed by atoms with van der Waals surface area (Å²) in [7, 11) is 0. The van der Waals surface area contributed by atoms with E-state index in [1.54, 1.807) is 0 Å². The quantitative estimate of drug-likeness (QED) is 0.852. The first-order chi connectivity index (χ1) is 10.2. The van der Waals surface area contributed by atoms with E-state index in [2.05, 4.69) is 24.4 Å². The third kappa shape index (κ3) is 3.84. The fourth-order valence-electron chi connectivity index (χ4n) is 2.27. The van der Waals surface area contributed by atoms with Crippen molar-refractivity contribution in [3.05, 3.63) is 59.2 Å². The van der Waals surface area contributed by atoms with Crippen molar-refractivity contribution in [2.45, 2.75) is 39.0 Å². The van der Waals surface area contributed by atoms with Crippen LogP contribution in [0.2, 0.25) is 0 Å². The van der Waals surface area contributed by atoms with Gasteiger partial charge in [0.1, 0.15) is 11.5 Å². The molecule has 0 atom stereocenters. The van der Waals surface area contributed by atoms with Crippen molar-refractivity contribution in [1.82, 2.24) is 5.32 Å². The second-order valence-corrected chi connectivity index (χ2v) is 5.65. The summed E-state index contributed by atoms with van der Waals surface area (Å²) in [5.74, 6) is 1.63. The van der Waals surface area contributed by atoms with Gasteiger partial charge in [-0.25, -0.2) is 0 Å². The average molecular weight is 283 g/mol. The molecular formula is C18H21NO2. The maximum absolute atomic E-state index is 9.03. The van der Waals surface area contributed by atoms with Crippen molar-refractivity contribution in [2.75, 3.05) is 0 Å². The molecule has 3 rings (SSSR count). The van der Waals surface area contributed by atoms with E-state index in [-0.39, 0.29) is 6.61 Å². The molecule has 2 aromatic rings. The first-order valence-corrected chi connectivity index (χ1v) is 7.45. The van der Waals surface area contributed by atoms with E-state index in [1.165, 1.54) is 24.0 Å². The van der Waals surface area contributed by atoms with Gasteiger partial charge in [-0.15, -0.1) is 0 Å². The SMILES string of the molecule is Cc1cc(Oc2ccc(CO)cc2)ccc1CNC1CC1. The monoisotopic (exact) mass is 283 g/mol. The Bertz CT molecular complexity index is 603. The van der Waals surface area contributed by atoms with Crippen LogP contribution in [0.25, 0.3) is 0 Å². The molecule has 0 amide bonds. The number of nitrogens with one attached hydrogen (secondary N) is 1. The molecule has 2 N–H and O–H groups in total. The Morgan fingerprint density at radius 3 is 2.43 bits per heavy atom. The highest BCUT2D eigenvalue weighted by Crippen LogP contribution is 2.25. The molecule has 3 heteroatoms. The summed E-state index contributed by atoms with van der Waals surface area (Å²) < 4.78 is 5.85. The number of ether oxygens (including phenoxy) is 1. The smallest absolute Gasteiger partial charge is 0.127 e. The van der Waals surface area contributed by atoms with Gasteiger partial charge in [0.05, 0.1) is 6.61 Å². The van der Waals surface area contributed by atoms with Crippen molar-refractivity contribution < 1.29 is 9.84 Å². The Kier molecular flexibility index (Phi) is 4.23. The maximum atomic E-state index is 9.03. The molecule has 0 unspecified atom stereocenters. The minimum Gasteiger partial charge on any atom is -0.457 e. The van der Waals surface area contributed by atoms with Gasteiger partial charge < -0.3 is 15.2 Å². The van der Waals surface area contributed by atoms with Crippen LogP contribution in [0.15, 0.2) is 42.5 Å². The van der Waals surface area contributed by atoms with Gasteiger partial charge in [-0.05, 0) is 60.7 Å². The largest absolute Gasteiger partial charge is 0.457 e. The Labute approximate surface area is 125 Å². The van der Waals surface area contributed by atoms with Crippen molar-refractivity contribution in [1.29, 1.82) is 0 Å². The van der Waals surface area contributed by atoms with E-state index in [0.717, 1.165) is 29.6 Å². The Balaban J connectivity index is 1.65. The van der Waals surface area contributed by atoms with Crippen LogP contribution in [0, 0.1) is 6.92 Å². The predicted octanol–water partition coefficient (Wildman–Crippen LogP) is 3.53. The van der Waals surface area contributed by atoms with Gasteiger partial charge in [0.15, 0.2) is 0 Å². The molecule has 2 aromatic carbocycles. The molecule has 1 aliphatic rings. The Hall–Kier alpha value is -1.84. The molecule has 0 saturated heterocycles. The lowest BCUT2D eigenvalue weighted by Gasteiger charge is -2.11. The van der Waals surface area contributed by atoms with Crippen LogP contribution >= 0.6 is 0 Å². The summed E-state index contributed by atoms with van der Waals surface area (Å²) in [5, 5.41) is 12.6. The lowest BCUT2D eigenvalue weighted by atomic mass is 10.1. The number of aliphatic hydroxyl groups is 1. The van der Waals surface area contributed by atoms with Crippen molar-refractivity contribution in [2.24, 2.45) is 0 Å². The second kappa shape index (κ2) is 6.29. The van der Waals surface area contributed by atoms with Crippen LogP contribution in [-0.2, 0) is 13.2 Å². The molecule has 21 heavy (non-hydrogen) atoms. The minimum atomic E-state index is 0.0576. The lowest BCUT2D eigenvalue weighted by molar-refractivity contribution is 0.281. The summed E-state index contributed by atoms with van der Waals surface area (Å²) in [5.41, 5.74) is 3.46. The van der Waals surface area contributed by atoms with Gasteiger partial charge in [-0.3, -0.25) is 0 Å². The van der Waals surface area contributed by atoms with Crippen LogP contribution in [0.1, 0.15) is 29.5 Å². The van der Waals surface area contributed by atoms with E-state index in [1.807, 2.05) is 30.3 Å². The molecule has 0 spiro atoms. The molecule has 1 saturated carbocycles. The van der Waals surface area contributed by atoms with E-state index >= 15 is 0 Å². The first kappa shape index (κ1) is 14.1. The minimum absolute atomic E-state index is 0.0576. The molecule has 0 aliphatic heterocycles. The molecule has 1 fully saturated rings. The Morgan fingerprint density at radius 2 is 1.81 bits per heavy atom. The van der Waals surface area contributed by atoms with Gasteiger partial charge in [0.2, 0.25) is 0 Å². The van der Waals surface area contributed by atoms with Gasteiger partial charge in [-0.1, -0.05) is 18.2 Å². The van der Waals surface area contributed by atoms with Crippen molar-refractivity contribution >= 4 is 0 Å². The highest BCUT2D eigenvalue weighted by molar-refractivity contribution is 5.38. The fraction of sp³-hybridized carbons (Fsp3) is 0.333. The van der Waals surface area contributed by atoms with Crippen LogP contribution < -0.4 is 10.1 Å². The highest BCUT2D eigenvalue weighted by Gasteiger charge is 2.20. The average Bonchev–Trinajstić information content (AvgIpc) is 3.31. The van der Waals surface area contributed by atoms with E-state index in [9.17, 15) is 0 Å². The van der Waals surface area contributed by atoms with E-state index in [4.69, 9.17) is 9.84 Å². The normalized spacial score (nSPS) is 14.2. The first-order valence-electron chi connectivity index (χ1n) is 7.45. The molecule has 0 radical (unpaired) electrons. The van der Waals surface area contributed by atoms with Crippen LogP contribution in [0.5, 0.6) is 11.5 Å².